The van der Waals surface area contributed by atoms with Crippen LogP contribution in [0, 0.1) is 5.92 Å². The first-order valence-corrected chi connectivity index (χ1v) is 7.14. The van der Waals surface area contributed by atoms with E-state index in [1.165, 1.54) is 31.0 Å². The van der Waals surface area contributed by atoms with Crippen LogP contribution in [0.25, 0.3) is 0 Å². The Morgan fingerprint density at radius 2 is 2.29 bits per heavy atom. The van der Waals surface area contributed by atoms with Crippen LogP contribution in [0.4, 0.5) is 0 Å². The monoisotopic (exact) mass is 254 g/mol. The number of fused-ring (bicyclic) bond motifs is 1. The van der Waals surface area contributed by atoms with Gasteiger partial charge in [-0.15, -0.1) is 0 Å². The van der Waals surface area contributed by atoms with Crippen molar-refractivity contribution in [2.45, 2.75) is 50.4 Å². The standard InChI is InChI=1S/C11H18N4OS/c1-7-5-3-4-6-11(7)13-12-10-15(14-11)9(16)8(2)17-10/h7-8,13-14H,3-6H2,1-2H3. The fourth-order valence-electron chi connectivity index (χ4n) is 2.77. The second-order valence-electron chi connectivity index (χ2n) is 5.17. The molecule has 0 aromatic carbocycles. The van der Waals surface area contributed by atoms with Crippen LogP contribution in [-0.4, -0.2) is 27.0 Å². The van der Waals surface area contributed by atoms with E-state index in [0.29, 0.717) is 5.92 Å². The van der Waals surface area contributed by atoms with Gasteiger partial charge in [-0.2, -0.15) is 10.5 Å². The lowest BCUT2D eigenvalue weighted by atomic mass is 9.80. The number of amides is 1. The third-order valence-corrected chi connectivity index (χ3v) is 5.04. The highest BCUT2D eigenvalue weighted by Crippen LogP contribution is 2.36. The molecule has 3 rings (SSSR count). The Morgan fingerprint density at radius 3 is 3.06 bits per heavy atom. The van der Waals surface area contributed by atoms with E-state index in [9.17, 15) is 4.79 Å². The molecule has 3 aliphatic rings. The first kappa shape index (κ1) is 11.3. The van der Waals surface area contributed by atoms with Crippen molar-refractivity contribution in [3.8, 4) is 0 Å². The number of thioether (sulfide) groups is 1. The smallest absolute Gasteiger partial charge is 0.256 e. The molecular formula is C11H18N4OS. The summed E-state index contributed by atoms with van der Waals surface area (Å²) in [6.45, 7) is 4.14. The zero-order chi connectivity index (χ0) is 12.0. The molecule has 2 fully saturated rings. The summed E-state index contributed by atoms with van der Waals surface area (Å²) in [6.07, 6.45) is 4.64. The van der Waals surface area contributed by atoms with Gasteiger partial charge in [-0.3, -0.25) is 10.2 Å². The number of nitrogens with one attached hydrogen (secondary N) is 2. The van der Waals surface area contributed by atoms with Crippen LogP contribution >= 0.6 is 11.8 Å². The molecular weight excluding hydrogens is 236 g/mol. The number of rotatable bonds is 0. The summed E-state index contributed by atoms with van der Waals surface area (Å²) < 4.78 is 0. The molecule has 5 nitrogen and oxygen atoms in total. The van der Waals surface area contributed by atoms with Gasteiger partial charge in [0.15, 0.2) is 0 Å². The van der Waals surface area contributed by atoms with Crippen molar-refractivity contribution in [3.05, 3.63) is 0 Å². The minimum absolute atomic E-state index is 0.0305. The summed E-state index contributed by atoms with van der Waals surface area (Å²) in [5, 5.41) is 6.76. The van der Waals surface area contributed by atoms with Gasteiger partial charge in [0, 0.05) is 0 Å². The predicted octanol–water partition coefficient (Wildman–Crippen LogP) is 1.24. The lowest BCUT2D eigenvalue weighted by Gasteiger charge is -2.47. The lowest BCUT2D eigenvalue weighted by molar-refractivity contribution is -0.131. The fraction of sp³-hybridized carbons (Fsp3) is 0.818. The first-order chi connectivity index (χ1) is 8.12. The first-order valence-electron chi connectivity index (χ1n) is 6.26. The summed E-state index contributed by atoms with van der Waals surface area (Å²) in [5.74, 6) is 0.600. The molecule has 2 aliphatic heterocycles. The maximum atomic E-state index is 12.0. The van der Waals surface area contributed by atoms with E-state index in [-0.39, 0.29) is 16.8 Å². The maximum absolute atomic E-state index is 12.0. The van der Waals surface area contributed by atoms with Crippen LogP contribution in [0.1, 0.15) is 39.5 Å². The third kappa shape index (κ3) is 1.65. The molecule has 0 bridgehead atoms. The van der Waals surface area contributed by atoms with Crippen molar-refractivity contribution < 1.29 is 4.79 Å². The Kier molecular flexibility index (Phi) is 2.59. The maximum Gasteiger partial charge on any atom is 0.256 e. The molecule has 0 aromatic rings. The fourth-order valence-corrected chi connectivity index (χ4v) is 3.63. The Hall–Kier alpha value is -0.750. The quantitative estimate of drug-likeness (QED) is 0.683. The van der Waals surface area contributed by atoms with E-state index in [2.05, 4.69) is 22.9 Å². The van der Waals surface area contributed by atoms with Gasteiger partial charge < -0.3 is 0 Å². The number of amidine groups is 1. The summed E-state index contributed by atoms with van der Waals surface area (Å²) >= 11 is 1.51. The molecule has 1 amide bonds. The summed E-state index contributed by atoms with van der Waals surface area (Å²) in [7, 11) is 0. The van der Waals surface area contributed by atoms with Crippen molar-refractivity contribution in [2.75, 3.05) is 0 Å². The number of hydrazone groups is 1. The van der Waals surface area contributed by atoms with E-state index in [1.54, 1.807) is 5.01 Å². The third-order valence-electron chi connectivity index (χ3n) is 4.00. The van der Waals surface area contributed by atoms with Crippen molar-refractivity contribution in [1.82, 2.24) is 15.9 Å². The van der Waals surface area contributed by atoms with Gasteiger partial charge in [0.1, 0.15) is 5.66 Å². The highest BCUT2D eigenvalue weighted by Gasteiger charge is 2.47. The van der Waals surface area contributed by atoms with Gasteiger partial charge in [0.2, 0.25) is 5.17 Å². The van der Waals surface area contributed by atoms with Crippen molar-refractivity contribution in [3.63, 3.8) is 0 Å². The van der Waals surface area contributed by atoms with Crippen LogP contribution < -0.4 is 10.9 Å². The van der Waals surface area contributed by atoms with Gasteiger partial charge in [-0.25, -0.2) is 5.01 Å². The number of hydrazine groups is 1. The van der Waals surface area contributed by atoms with E-state index in [0.717, 1.165) is 11.6 Å². The lowest BCUT2D eigenvalue weighted by Crippen LogP contribution is -2.69. The summed E-state index contributed by atoms with van der Waals surface area (Å²) in [5.41, 5.74) is 6.42. The Balaban J connectivity index is 1.87. The Labute approximate surface area is 105 Å². The Morgan fingerprint density at radius 1 is 1.47 bits per heavy atom. The molecule has 0 radical (unpaired) electrons. The summed E-state index contributed by atoms with van der Waals surface area (Å²) in [6, 6.07) is 0. The molecule has 2 N–H and O–H groups in total. The average molecular weight is 254 g/mol. The minimum atomic E-state index is -0.220. The molecule has 3 atom stereocenters. The van der Waals surface area contributed by atoms with Crippen LogP contribution in [0.3, 0.4) is 0 Å². The normalized spacial score (nSPS) is 41.2. The molecule has 1 saturated carbocycles. The van der Waals surface area contributed by atoms with Crippen LogP contribution in [0.5, 0.6) is 0 Å². The molecule has 0 aromatic heterocycles. The number of hydrogen-bond acceptors (Lipinski definition) is 5. The zero-order valence-corrected chi connectivity index (χ0v) is 11.0. The van der Waals surface area contributed by atoms with Crippen molar-refractivity contribution in [2.24, 2.45) is 11.0 Å². The van der Waals surface area contributed by atoms with Gasteiger partial charge in [-0.05, 0) is 32.1 Å². The summed E-state index contributed by atoms with van der Waals surface area (Å²) in [4.78, 5) is 12.0. The highest BCUT2D eigenvalue weighted by atomic mass is 32.2. The van der Waals surface area contributed by atoms with E-state index in [4.69, 9.17) is 0 Å². The SMILES string of the molecule is CC1SC2=NNC3(CCCCC3C)NN2C1=O. The van der Waals surface area contributed by atoms with Crippen LogP contribution in [0.2, 0.25) is 0 Å². The van der Waals surface area contributed by atoms with Gasteiger partial charge in [-0.1, -0.05) is 25.1 Å². The minimum Gasteiger partial charge on any atom is -0.285 e. The predicted molar refractivity (Wildman–Crippen MR) is 68.0 cm³/mol. The second-order valence-corrected chi connectivity index (χ2v) is 6.48. The van der Waals surface area contributed by atoms with Crippen molar-refractivity contribution >= 4 is 22.8 Å². The van der Waals surface area contributed by atoms with Gasteiger partial charge >= 0.3 is 0 Å². The largest absolute Gasteiger partial charge is 0.285 e. The van der Waals surface area contributed by atoms with Gasteiger partial charge in [0.25, 0.3) is 5.91 Å². The molecule has 1 saturated heterocycles. The molecule has 17 heavy (non-hydrogen) atoms. The van der Waals surface area contributed by atoms with Crippen LogP contribution in [-0.2, 0) is 4.79 Å². The van der Waals surface area contributed by atoms with Gasteiger partial charge in [0.05, 0.1) is 5.25 Å². The number of carbonyl (C=O) groups is 1. The van der Waals surface area contributed by atoms with E-state index in [1.807, 2.05) is 6.92 Å². The average Bonchev–Trinajstić information content (AvgIpc) is 2.60. The van der Waals surface area contributed by atoms with E-state index < -0.39 is 0 Å². The topological polar surface area (TPSA) is 56.7 Å². The number of nitrogens with zero attached hydrogens (tertiary/aromatic N) is 2. The number of hydrogen-bond donors (Lipinski definition) is 2. The zero-order valence-electron chi connectivity index (χ0n) is 10.2. The molecule has 3 unspecified atom stereocenters. The number of carbonyl (C=O) groups excluding carboxylic acids is 1. The highest BCUT2D eigenvalue weighted by molar-refractivity contribution is 8.15. The van der Waals surface area contributed by atoms with Crippen LogP contribution in [0.15, 0.2) is 5.10 Å². The molecule has 1 spiro atoms. The Bertz CT molecular complexity index is 386. The molecule has 2 heterocycles. The van der Waals surface area contributed by atoms with Crippen molar-refractivity contribution in [1.29, 1.82) is 0 Å². The van der Waals surface area contributed by atoms with E-state index >= 15 is 0 Å². The second kappa shape index (κ2) is 3.88. The molecule has 94 valence electrons. The molecule has 6 heteroatoms. The molecule has 1 aliphatic carbocycles.